The summed E-state index contributed by atoms with van der Waals surface area (Å²) in [6.07, 6.45) is -0.840. The normalized spacial score (nSPS) is 11.7. The van der Waals surface area contributed by atoms with Gasteiger partial charge in [0.1, 0.15) is 10.8 Å². The third-order valence-electron chi connectivity index (χ3n) is 4.27. The lowest BCUT2D eigenvalue weighted by atomic mass is 10.1. The second kappa shape index (κ2) is 9.41. The number of amides is 1. The van der Waals surface area contributed by atoms with Crippen LogP contribution in [0.1, 0.15) is 57.5 Å². The van der Waals surface area contributed by atoms with E-state index in [4.69, 9.17) is 21.1 Å². The Morgan fingerprint density at radius 2 is 1.76 bits per heavy atom. The van der Waals surface area contributed by atoms with Crippen molar-refractivity contribution in [1.82, 2.24) is 0 Å². The van der Waals surface area contributed by atoms with E-state index in [2.05, 4.69) is 5.32 Å². The third-order valence-corrected chi connectivity index (χ3v) is 6.18. The molecule has 1 N–H and O–H groups in total. The molecule has 0 aliphatic carbocycles. The van der Waals surface area contributed by atoms with E-state index in [0.717, 1.165) is 22.5 Å². The molecule has 0 radical (unpaired) electrons. The Balaban J connectivity index is 2.26. The summed E-state index contributed by atoms with van der Waals surface area (Å²) in [7, 11) is 0. The highest BCUT2D eigenvalue weighted by molar-refractivity contribution is 7.18. The minimum atomic E-state index is -0.840. The van der Waals surface area contributed by atoms with Gasteiger partial charge >= 0.3 is 5.97 Å². The highest BCUT2D eigenvalue weighted by atomic mass is 35.5. The van der Waals surface area contributed by atoms with E-state index in [1.54, 1.807) is 32.9 Å². The zero-order valence-corrected chi connectivity index (χ0v) is 18.8. The van der Waals surface area contributed by atoms with Crippen LogP contribution in [-0.2, 0) is 9.53 Å². The van der Waals surface area contributed by atoms with Crippen molar-refractivity contribution in [3.63, 3.8) is 0 Å². The van der Waals surface area contributed by atoms with Crippen LogP contribution in [0, 0.1) is 20.8 Å². The summed E-state index contributed by atoms with van der Waals surface area (Å²) in [4.78, 5) is 37.3. The van der Waals surface area contributed by atoms with Gasteiger partial charge in [-0.2, -0.15) is 0 Å². The van der Waals surface area contributed by atoms with Crippen LogP contribution in [0.2, 0.25) is 5.02 Å². The predicted octanol–water partition coefficient (Wildman–Crippen LogP) is 5.11. The topological polar surface area (TPSA) is 81.7 Å². The lowest BCUT2D eigenvalue weighted by Gasteiger charge is -2.16. The van der Waals surface area contributed by atoms with Crippen LogP contribution in [0.3, 0.4) is 0 Å². The number of nitrogens with one attached hydrogen (secondary N) is 1. The second-order valence-electron chi connectivity index (χ2n) is 6.66. The molecule has 1 aromatic carbocycles. The molecule has 6 nitrogen and oxygen atoms in total. The molecule has 0 aliphatic rings. The fourth-order valence-electron chi connectivity index (χ4n) is 2.83. The molecule has 0 fully saturated rings. The Bertz CT molecular complexity index is 943. The SMILES string of the molecule is CCOC(=O)c1c(NC(=O)C(C)Oc2cc(C)c(Cl)c(C)c2)sc(C(C)=O)c1C. The maximum absolute atomic E-state index is 12.7. The Kier molecular flexibility index (Phi) is 7.43. The standard InChI is InChI=1S/C21H24ClNO5S/c1-7-27-21(26)16-12(4)18(13(5)24)29-20(16)23-19(25)14(6)28-15-8-10(2)17(22)11(3)9-15/h8-9,14H,7H2,1-6H3,(H,23,25). The van der Waals surface area contributed by atoms with Gasteiger partial charge in [-0.25, -0.2) is 4.79 Å². The lowest BCUT2D eigenvalue weighted by Crippen LogP contribution is -2.30. The van der Waals surface area contributed by atoms with Crippen molar-refractivity contribution >= 4 is 45.6 Å². The first-order chi connectivity index (χ1) is 13.6. The maximum atomic E-state index is 12.7. The number of hydrogen-bond donors (Lipinski definition) is 1. The van der Waals surface area contributed by atoms with E-state index in [1.807, 2.05) is 13.8 Å². The van der Waals surface area contributed by atoms with Gasteiger partial charge in [-0.15, -0.1) is 11.3 Å². The number of Topliss-reactive ketones (excluding diaryl/α,β-unsaturated/α-hetero) is 1. The Labute approximate surface area is 179 Å². The number of anilines is 1. The Morgan fingerprint density at radius 3 is 2.28 bits per heavy atom. The average molecular weight is 438 g/mol. The molecule has 0 spiro atoms. The van der Waals surface area contributed by atoms with Crippen LogP contribution in [0.25, 0.3) is 0 Å². The number of carbonyl (C=O) groups excluding carboxylic acids is 3. The van der Waals surface area contributed by atoms with Gasteiger partial charge < -0.3 is 14.8 Å². The molecule has 29 heavy (non-hydrogen) atoms. The molecule has 1 atom stereocenters. The third kappa shape index (κ3) is 5.16. The summed E-state index contributed by atoms with van der Waals surface area (Å²) in [5, 5.41) is 3.63. The number of rotatable bonds is 7. The number of thiophene rings is 1. The van der Waals surface area contributed by atoms with Crippen LogP contribution in [0.4, 0.5) is 5.00 Å². The fraction of sp³-hybridized carbons (Fsp3) is 0.381. The molecule has 2 rings (SSSR count). The molecule has 2 aromatic rings. The van der Waals surface area contributed by atoms with Gasteiger partial charge in [0.05, 0.1) is 17.0 Å². The minimum Gasteiger partial charge on any atom is -0.481 e. The van der Waals surface area contributed by atoms with E-state index < -0.39 is 18.0 Å². The quantitative estimate of drug-likeness (QED) is 0.480. The molecule has 1 heterocycles. The predicted molar refractivity (Wildman–Crippen MR) is 115 cm³/mol. The molecule has 8 heteroatoms. The van der Waals surface area contributed by atoms with Crippen molar-refractivity contribution in [2.45, 2.75) is 47.6 Å². The molecular weight excluding hydrogens is 414 g/mol. The molecule has 0 saturated heterocycles. The molecule has 1 unspecified atom stereocenters. The van der Waals surface area contributed by atoms with Crippen LogP contribution in [-0.4, -0.2) is 30.4 Å². The summed E-state index contributed by atoms with van der Waals surface area (Å²) in [5.41, 5.74) is 2.38. The Hall–Kier alpha value is -2.38. The first-order valence-corrected chi connectivity index (χ1v) is 10.3. The molecule has 1 aromatic heterocycles. The van der Waals surface area contributed by atoms with Crippen LogP contribution in [0.15, 0.2) is 12.1 Å². The molecule has 1 amide bonds. The van der Waals surface area contributed by atoms with Crippen molar-refractivity contribution < 1.29 is 23.9 Å². The van der Waals surface area contributed by atoms with Gasteiger partial charge in [0, 0.05) is 5.02 Å². The number of ether oxygens (including phenoxy) is 2. The first-order valence-electron chi connectivity index (χ1n) is 9.12. The number of esters is 1. The van der Waals surface area contributed by atoms with Gasteiger partial charge in [-0.05, 0) is 70.4 Å². The lowest BCUT2D eigenvalue weighted by molar-refractivity contribution is -0.122. The van der Waals surface area contributed by atoms with E-state index in [-0.39, 0.29) is 23.0 Å². The first kappa shape index (κ1) is 22.9. The van der Waals surface area contributed by atoms with E-state index in [9.17, 15) is 14.4 Å². The van der Waals surface area contributed by atoms with Crippen molar-refractivity contribution in [1.29, 1.82) is 0 Å². The maximum Gasteiger partial charge on any atom is 0.341 e. The highest BCUT2D eigenvalue weighted by Crippen LogP contribution is 2.34. The van der Waals surface area contributed by atoms with Crippen LogP contribution < -0.4 is 10.1 Å². The monoisotopic (exact) mass is 437 g/mol. The summed E-state index contributed by atoms with van der Waals surface area (Å²) < 4.78 is 10.8. The summed E-state index contributed by atoms with van der Waals surface area (Å²) in [6.45, 7) is 10.3. The van der Waals surface area contributed by atoms with Crippen molar-refractivity contribution in [3.8, 4) is 5.75 Å². The van der Waals surface area contributed by atoms with E-state index in [0.29, 0.717) is 21.2 Å². The van der Waals surface area contributed by atoms with Gasteiger partial charge in [0.15, 0.2) is 11.9 Å². The van der Waals surface area contributed by atoms with Gasteiger partial charge in [-0.1, -0.05) is 11.6 Å². The number of halogens is 1. The molecule has 0 aliphatic heterocycles. The zero-order valence-electron chi connectivity index (χ0n) is 17.3. The molecule has 0 bridgehead atoms. The fourth-order valence-corrected chi connectivity index (χ4v) is 4.03. The largest absolute Gasteiger partial charge is 0.481 e. The second-order valence-corrected chi connectivity index (χ2v) is 8.06. The minimum absolute atomic E-state index is 0.185. The zero-order chi connectivity index (χ0) is 21.9. The smallest absolute Gasteiger partial charge is 0.341 e. The van der Waals surface area contributed by atoms with Gasteiger partial charge in [0.25, 0.3) is 5.91 Å². The Morgan fingerprint density at radius 1 is 1.17 bits per heavy atom. The number of aryl methyl sites for hydroxylation is 2. The number of carbonyl (C=O) groups is 3. The van der Waals surface area contributed by atoms with Crippen molar-refractivity contribution in [2.24, 2.45) is 0 Å². The summed E-state index contributed by atoms with van der Waals surface area (Å²) >= 11 is 7.22. The average Bonchev–Trinajstić information content (AvgIpc) is 2.96. The highest BCUT2D eigenvalue weighted by Gasteiger charge is 2.27. The number of hydrogen-bond acceptors (Lipinski definition) is 6. The summed E-state index contributed by atoms with van der Waals surface area (Å²) in [6, 6.07) is 3.51. The van der Waals surface area contributed by atoms with Crippen molar-refractivity contribution in [2.75, 3.05) is 11.9 Å². The van der Waals surface area contributed by atoms with Crippen molar-refractivity contribution in [3.05, 3.63) is 44.3 Å². The van der Waals surface area contributed by atoms with Gasteiger partial charge in [0.2, 0.25) is 0 Å². The van der Waals surface area contributed by atoms with Crippen LogP contribution in [0.5, 0.6) is 5.75 Å². The van der Waals surface area contributed by atoms with Gasteiger partial charge in [-0.3, -0.25) is 9.59 Å². The number of benzene rings is 1. The van der Waals surface area contributed by atoms with E-state index in [1.165, 1.54) is 6.92 Å². The van der Waals surface area contributed by atoms with E-state index >= 15 is 0 Å². The molecular formula is C21H24ClNO5S. The molecule has 156 valence electrons. The molecule has 0 saturated carbocycles. The summed E-state index contributed by atoms with van der Waals surface area (Å²) in [5.74, 6) is -0.696. The number of ketones is 1. The van der Waals surface area contributed by atoms with Crippen LogP contribution >= 0.6 is 22.9 Å².